The molecule has 0 aliphatic heterocycles. The molecule has 4 nitrogen and oxygen atoms in total. The first-order valence-electron chi connectivity index (χ1n) is 6.98. The van der Waals surface area contributed by atoms with Crippen LogP contribution in [0.15, 0.2) is 22.7 Å². The van der Waals surface area contributed by atoms with Crippen LogP contribution < -0.4 is 5.32 Å². The van der Waals surface area contributed by atoms with Gasteiger partial charge in [-0.2, -0.15) is 0 Å². The van der Waals surface area contributed by atoms with E-state index in [0.717, 1.165) is 32.1 Å². The number of esters is 1. The number of amides is 1. The zero-order chi connectivity index (χ0) is 15.2. The molecular formula is C15H17BrFNO3. The van der Waals surface area contributed by atoms with Gasteiger partial charge in [-0.1, -0.05) is 35.2 Å². The van der Waals surface area contributed by atoms with E-state index in [1.54, 1.807) is 6.07 Å². The molecule has 1 fully saturated rings. The van der Waals surface area contributed by atoms with Crippen LogP contribution in [0.3, 0.4) is 0 Å². The summed E-state index contributed by atoms with van der Waals surface area (Å²) in [7, 11) is 0. The van der Waals surface area contributed by atoms with Gasteiger partial charge in [0.25, 0.3) is 5.91 Å². The lowest BCUT2D eigenvalue weighted by molar-refractivity contribution is -0.152. The number of hydrogen-bond donors (Lipinski definition) is 1. The van der Waals surface area contributed by atoms with Crippen molar-refractivity contribution < 1.29 is 18.7 Å². The van der Waals surface area contributed by atoms with E-state index < -0.39 is 11.7 Å². The highest BCUT2D eigenvalue weighted by atomic mass is 79.9. The van der Waals surface area contributed by atoms with Gasteiger partial charge in [-0.3, -0.25) is 9.59 Å². The summed E-state index contributed by atoms with van der Waals surface area (Å²) in [5.74, 6) is -1.52. The van der Waals surface area contributed by atoms with Gasteiger partial charge in [0, 0.05) is 4.47 Å². The fourth-order valence-electron chi connectivity index (χ4n) is 2.37. The Bertz CT molecular complexity index is 530. The number of anilines is 1. The summed E-state index contributed by atoms with van der Waals surface area (Å²) < 4.78 is 19.1. The van der Waals surface area contributed by atoms with Crippen LogP contribution in [0, 0.1) is 11.7 Å². The van der Waals surface area contributed by atoms with Gasteiger partial charge in [-0.25, -0.2) is 4.39 Å². The van der Waals surface area contributed by atoms with E-state index >= 15 is 0 Å². The first kappa shape index (κ1) is 15.9. The van der Waals surface area contributed by atoms with Crippen LogP contribution in [0.25, 0.3) is 0 Å². The van der Waals surface area contributed by atoms with Crippen molar-refractivity contribution in [1.29, 1.82) is 0 Å². The fraction of sp³-hybridized carbons (Fsp3) is 0.467. The van der Waals surface area contributed by atoms with Gasteiger partial charge in [0.2, 0.25) is 0 Å². The van der Waals surface area contributed by atoms with Crippen molar-refractivity contribution in [3.8, 4) is 0 Å². The summed E-state index contributed by atoms with van der Waals surface area (Å²) in [6, 6.07) is 4.32. The lowest BCUT2D eigenvalue weighted by atomic mass is 9.89. The van der Waals surface area contributed by atoms with Crippen LogP contribution in [-0.4, -0.2) is 18.5 Å². The molecule has 2 rings (SSSR count). The number of halogens is 2. The minimum absolute atomic E-state index is 0.0666. The Morgan fingerprint density at radius 1 is 1.29 bits per heavy atom. The van der Waals surface area contributed by atoms with Crippen molar-refractivity contribution >= 4 is 33.5 Å². The number of benzene rings is 1. The van der Waals surface area contributed by atoms with Gasteiger partial charge >= 0.3 is 5.97 Å². The lowest BCUT2D eigenvalue weighted by Crippen LogP contribution is -2.26. The standard InChI is InChI=1S/C15H17BrFNO3/c16-11-6-7-13(12(17)8-11)18-14(19)9-21-15(20)10-4-2-1-3-5-10/h6-8,10H,1-5,9H2,(H,18,19). The highest BCUT2D eigenvalue weighted by Crippen LogP contribution is 2.24. The zero-order valence-corrected chi connectivity index (χ0v) is 13.1. The summed E-state index contributed by atoms with van der Waals surface area (Å²) in [6.07, 6.45) is 4.84. The quantitative estimate of drug-likeness (QED) is 0.836. The smallest absolute Gasteiger partial charge is 0.309 e. The Kier molecular flexibility index (Phi) is 5.73. The van der Waals surface area contributed by atoms with Crippen molar-refractivity contribution in [2.45, 2.75) is 32.1 Å². The molecule has 0 unspecified atom stereocenters. The predicted molar refractivity (Wildman–Crippen MR) is 80.3 cm³/mol. The lowest BCUT2D eigenvalue weighted by Gasteiger charge is -2.19. The van der Waals surface area contributed by atoms with Crippen LogP contribution in [0.1, 0.15) is 32.1 Å². The minimum atomic E-state index is -0.545. The molecule has 21 heavy (non-hydrogen) atoms. The summed E-state index contributed by atoms with van der Waals surface area (Å²) in [5.41, 5.74) is 0.0666. The third-order valence-electron chi connectivity index (χ3n) is 3.49. The second kappa shape index (κ2) is 7.54. The Morgan fingerprint density at radius 3 is 2.67 bits per heavy atom. The minimum Gasteiger partial charge on any atom is -0.455 e. The van der Waals surface area contributed by atoms with E-state index in [4.69, 9.17) is 4.74 Å². The van der Waals surface area contributed by atoms with E-state index in [2.05, 4.69) is 21.2 Å². The summed E-state index contributed by atoms with van der Waals surface area (Å²) >= 11 is 3.13. The van der Waals surface area contributed by atoms with E-state index in [1.165, 1.54) is 12.1 Å². The number of carbonyl (C=O) groups excluding carboxylic acids is 2. The molecule has 0 bridgehead atoms. The van der Waals surface area contributed by atoms with Crippen LogP contribution in [0.2, 0.25) is 0 Å². The van der Waals surface area contributed by atoms with Crippen molar-refractivity contribution in [3.63, 3.8) is 0 Å². The van der Waals surface area contributed by atoms with E-state index in [9.17, 15) is 14.0 Å². The predicted octanol–water partition coefficient (Wildman–Crippen LogP) is 3.65. The number of nitrogens with one attached hydrogen (secondary N) is 1. The van der Waals surface area contributed by atoms with Gasteiger partial charge in [0.1, 0.15) is 5.82 Å². The third kappa shape index (κ3) is 4.81. The van der Waals surface area contributed by atoms with E-state index in [0.29, 0.717) is 4.47 Å². The fourth-order valence-corrected chi connectivity index (χ4v) is 2.70. The van der Waals surface area contributed by atoms with Gasteiger partial charge in [-0.15, -0.1) is 0 Å². The maximum Gasteiger partial charge on any atom is 0.309 e. The Labute approximate surface area is 131 Å². The number of rotatable bonds is 4. The second-order valence-electron chi connectivity index (χ2n) is 5.11. The van der Waals surface area contributed by atoms with Gasteiger partial charge in [0.05, 0.1) is 11.6 Å². The van der Waals surface area contributed by atoms with E-state index in [1.807, 2.05) is 0 Å². The van der Waals surface area contributed by atoms with Gasteiger partial charge in [0.15, 0.2) is 6.61 Å². The van der Waals surface area contributed by atoms with Crippen LogP contribution >= 0.6 is 15.9 Å². The monoisotopic (exact) mass is 357 g/mol. The van der Waals surface area contributed by atoms with Gasteiger partial charge in [-0.05, 0) is 31.0 Å². The molecule has 0 saturated heterocycles. The summed E-state index contributed by atoms with van der Waals surface area (Å²) in [6.45, 7) is -0.384. The molecule has 1 N–H and O–H groups in total. The van der Waals surface area contributed by atoms with Gasteiger partial charge < -0.3 is 10.1 Å². The number of carbonyl (C=O) groups is 2. The first-order chi connectivity index (χ1) is 10.1. The maximum atomic E-state index is 13.5. The van der Waals surface area contributed by atoms with Crippen molar-refractivity contribution in [3.05, 3.63) is 28.5 Å². The topological polar surface area (TPSA) is 55.4 Å². The van der Waals surface area contributed by atoms with Crippen molar-refractivity contribution in [2.75, 3.05) is 11.9 Å². The molecule has 1 aromatic carbocycles. The molecule has 0 spiro atoms. The second-order valence-corrected chi connectivity index (χ2v) is 6.03. The molecule has 0 atom stereocenters. The van der Waals surface area contributed by atoms with Crippen LogP contribution in [0.5, 0.6) is 0 Å². The van der Waals surface area contributed by atoms with Crippen LogP contribution in [-0.2, 0) is 14.3 Å². The SMILES string of the molecule is O=C(COC(=O)C1CCCCC1)Nc1ccc(Br)cc1F. The molecular weight excluding hydrogens is 341 g/mol. The highest BCUT2D eigenvalue weighted by Gasteiger charge is 2.23. The highest BCUT2D eigenvalue weighted by molar-refractivity contribution is 9.10. The largest absolute Gasteiger partial charge is 0.455 e. The molecule has 1 aliphatic rings. The summed E-state index contributed by atoms with van der Waals surface area (Å²) in [4.78, 5) is 23.5. The normalized spacial score (nSPS) is 15.5. The Morgan fingerprint density at radius 2 is 2.00 bits per heavy atom. The first-order valence-corrected chi connectivity index (χ1v) is 7.77. The van der Waals surface area contributed by atoms with Crippen LogP contribution in [0.4, 0.5) is 10.1 Å². The van der Waals surface area contributed by atoms with Crippen molar-refractivity contribution in [2.24, 2.45) is 5.92 Å². The molecule has 1 aliphatic carbocycles. The molecule has 114 valence electrons. The van der Waals surface area contributed by atoms with Crippen molar-refractivity contribution in [1.82, 2.24) is 0 Å². The average Bonchev–Trinajstić information content (AvgIpc) is 2.48. The molecule has 0 heterocycles. The van der Waals surface area contributed by atoms with E-state index in [-0.39, 0.29) is 24.2 Å². The number of ether oxygens (including phenoxy) is 1. The molecule has 1 aromatic rings. The summed E-state index contributed by atoms with van der Waals surface area (Å²) in [5, 5.41) is 2.38. The third-order valence-corrected chi connectivity index (χ3v) is 3.98. The molecule has 0 radical (unpaired) electrons. The Hall–Kier alpha value is -1.43. The molecule has 1 amide bonds. The Balaban J connectivity index is 1.80. The number of hydrogen-bond acceptors (Lipinski definition) is 3. The average molecular weight is 358 g/mol. The molecule has 1 saturated carbocycles. The zero-order valence-electron chi connectivity index (χ0n) is 11.5. The molecule has 6 heteroatoms. The molecule has 0 aromatic heterocycles. The maximum absolute atomic E-state index is 13.5.